The summed E-state index contributed by atoms with van der Waals surface area (Å²) in [6.45, 7) is 0. The number of aliphatic imine (C=N–C) groups is 1. The Hall–Kier alpha value is -2.62. The second kappa shape index (κ2) is 7.33. The lowest BCUT2D eigenvalue weighted by Crippen LogP contribution is -2.56. The van der Waals surface area contributed by atoms with Gasteiger partial charge in [-0.05, 0) is 74.0 Å². The van der Waals surface area contributed by atoms with Gasteiger partial charge in [-0.25, -0.2) is 0 Å². The van der Waals surface area contributed by atoms with E-state index in [1.54, 1.807) is 18.4 Å². The fourth-order valence-electron chi connectivity index (χ4n) is 5.03. The van der Waals surface area contributed by atoms with E-state index in [0.717, 1.165) is 44.6 Å². The highest BCUT2D eigenvalue weighted by Crippen LogP contribution is 2.59. The van der Waals surface area contributed by atoms with Gasteiger partial charge in [-0.15, -0.1) is 0 Å². The molecule has 1 amide bonds. The Labute approximate surface area is 167 Å². The van der Waals surface area contributed by atoms with E-state index in [1.807, 2.05) is 6.08 Å². The Kier molecular flexibility index (Phi) is 4.97. The molecule has 2 fully saturated rings. The molecule has 29 heavy (non-hydrogen) atoms. The standard InChI is InChI=1S/C22H22F3N3O/c23-22(24,25)18-8-14(4-5-16(18)13-26)7-15-9-21(10-15)11-17(12-21)28-20(29)19-3-1-2-6-27-19/h3-6,8,15,17H,1-2,7,9-12H2,(H,28,29). The zero-order chi connectivity index (χ0) is 20.6. The maximum atomic E-state index is 13.1. The summed E-state index contributed by atoms with van der Waals surface area (Å²) in [5.41, 5.74) is 0.165. The van der Waals surface area contributed by atoms with Crippen molar-refractivity contribution in [1.29, 1.82) is 5.26 Å². The van der Waals surface area contributed by atoms with Gasteiger partial charge in [-0.1, -0.05) is 12.1 Å². The molecule has 1 aromatic rings. The fourth-order valence-corrected chi connectivity index (χ4v) is 5.03. The number of hydrogen-bond donors (Lipinski definition) is 1. The highest BCUT2D eigenvalue weighted by atomic mass is 19.4. The topological polar surface area (TPSA) is 65.2 Å². The Morgan fingerprint density at radius 1 is 1.24 bits per heavy atom. The number of nitrogens with one attached hydrogen (secondary N) is 1. The Balaban J connectivity index is 1.27. The number of allylic oxidation sites excluding steroid dienone is 1. The van der Waals surface area contributed by atoms with E-state index < -0.39 is 11.7 Å². The molecule has 2 saturated carbocycles. The van der Waals surface area contributed by atoms with Crippen LogP contribution in [0.5, 0.6) is 0 Å². The van der Waals surface area contributed by atoms with Gasteiger partial charge >= 0.3 is 6.18 Å². The third-order valence-corrected chi connectivity index (χ3v) is 6.27. The minimum Gasteiger partial charge on any atom is -0.348 e. The molecule has 7 heteroatoms. The molecule has 0 bridgehead atoms. The molecule has 1 N–H and O–H groups in total. The van der Waals surface area contributed by atoms with Crippen LogP contribution in [0.1, 0.15) is 55.2 Å². The van der Waals surface area contributed by atoms with Gasteiger partial charge < -0.3 is 5.32 Å². The summed E-state index contributed by atoms with van der Waals surface area (Å²) in [6.07, 6.45) is 5.21. The van der Waals surface area contributed by atoms with Gasteiger partial charge in [0.15, 0.2) is 0 Å². The first-order chi connectivity index (χ1) is 13.8. The highest BCUT2D eigenvalue weighted by molar-refractivity contribution is 5.95. The molecule has 2 aliphatic carbocycles. The second-order valence-corrected chi connectivity index (χ2v) is 8.52. The zero-order valence-corrected chi connectivity index (χ0v) is 15.9. The summed E-state index contributed by atoms with van der Waals surface area (Å²) in [6, 6.07) is 5.79. The van der Waals surface area contributed by atoms with E-state index in [2.05, 4.69) is 10.3 Å². The van der Waals surface area contributed by atoms with E-state index in [-0.39, 0.29) is 22.9 Å². The third-order valence-electron chi connectivity index (χ3n) is 6.27. The van der Waals surface area contributed by atoms with Gasteiger partial charge in [0, 0.05) is 12.3 Å². The van der Waals surface area contributed by atoms with Crippen LogP contribution < -0.4 is 5.32 Å². The van der Waals surface area contributed by atoms with Crippen LogP contribution in [-0.4, -0.2) is 18.2 Å². The van der Waals surface area contributed by atoms with Crippen LogP contribution in [0.4, 0.5) is 13.2 Å². The Morgan fingerprint density at radius 2 is 2.00 bits per heavy atom. The maximum absolute atomic E-state index is 13.1. The van der Waals surface area contributed by atoms with Gasteiger partial charge in [-0.2, -0.15) is 18.4 Å². The number of alkyl halides is 3. The lowest BCUT2D eigenvalue weighted by Gasteiger charge is -2.58. The van der Waals surface area contributed by atoms with Crippen molar-refractivity contribution < 1.29 is 18.0 Å². The number of carbonyl (C=O) groups excluding carboxylic acids is 1. The third kappa shape index (κ3) is 4.07. The van der Waals surface area contributed by atoms with E-state index >= 15 is 0 Å². The molecule has 1 spiro atoms. The summed E-state index contributed by atoms with van der Waals surface area (Å²) < 4.78 is 39.4. The molecule has 0 aromatic heterocycles. The molecule has 4 rings (SSSR count). The number of amides is 1. The number of hydrogen-bond acceptors (Lipinski definition) is 3. The van der Waals surface area contributed by atoms with Crippen LogP contribution in [0, 0.1) is 22.7 Å². The molecule has 1 aliphatic heterocycles. The Morgan fingerprint density at radius 3 is 2.62 bits per heavy atom. The summed E-state index contributed by atoms with van der Waals surface area (Å²) >= 11 is 0. The predicted octanol–water partition coefficient (Wildman–Crippen LogP) is 4.54. The van der Waals surface area contributed by atoms with Crippen molar-refractivity contribution in [2.24, 2.45) is 16.3 Å². The molecule has 0 atom stereocenters. The highest BCUT2D eigenvalue weighted by Gasteiger charge is 2.53. The predicted molar refractivity (Wildman–Crippen MR) is 102 cm³/mol. The molecule has 0 unspecified atom stereocenters. The van der Waals surface area contributed by atoms with Crippen molar-refractivity contribution in [3.05, 3.63) is 46.7 Å². The lowest BCUT2D eigenvalue weighted by atomic mass is 9.49. The first-order valence-electron chi connectivity index (χ1n) is 9.92. The number of rotatable bonds is 4. The first-order valence-corrected chi connectivity index (χ1v) is 9.92. The molecular formula is C22H22F3N3O. The van der Waals surface area contributed by atoms with Gasteiger partial charge in [0.2, 0.25) is 0 Å². The fraction of sp³-hybridized carbons (Fsp3) is 0.500. The van der Waals surface area contributed by atoms with E-state index in [0.29, 0.717) is 23.6 Å². The quantitative estimate of drug-likeness (QED) is 0.805. The second-order valence-electron chi connectivity index (χ2n) is 8.52. The molecule has 1 aromatic carbocycles. The van der Waals surface area contributed by atoms with Gasteiger partial charge in [0.05, 0.1) is 17.2 Å². The van der Waals surface area contributed by atoms with Crippen LogP contribution in [0.3, 0.4) is 0 Å². The number of carbonyl (C=O) groups is 1. The average molecular weight is 401 g/mol. The number of nitrogens with zero attached hydrogens (tertiary/aromatic N) is 2. The van der Waals surface area contributed by atoms with Crippen molar-refractivity contribution in [2.45, 2.75) is 57.2 Å². The SMILES string of the molecule is N#Cc1ccc(CC2CC3(C2)CC(NC(=O)C2=CCCC=N2)C3)cc1C(F)(F)F. The maximum Gasteiger partial charge on any atom is 0.417 e. The van der Waals surface area contributed by atoms with Crippen molar-refractivity contribution >= 4 is 12.1 Å². The number of nitriles is 1. The van der Waals surface area contributed by atoms with Crippen molar-refractivity contribution in [2.75, 3.05) is 0 Å². The molecule has 0 saturated heterocycles. The van der Waals surface area contributed by atoms with Crippen LogP contribution in [0.2, 0.25) is 0 Å². The molecule has 3 aliphatic rings. The number of benzene rings is 1. The minimum atomic E-state index is -4.51. The van der Waals surface area contributed by atoms with Crippen LogP contribution in [0.15, 0.2) is 35.0 Å². The van der Waals surface area contributed by atoms with Gasteiger partial charge in [-0.3, -0.25) is 9.79 Å². The molecule has 0 radical (unpaired) electrons. The van der Waals surface area contributed by atoms with Gasteiger partial charge in [0.25, 0.3) is 5.91 Å². The van der Waals surface area contributed by atoms with E-state index in [9.17, 15) is 18.0 Å². The Bertz CT molecular complexity index is 912. The average Bonchev–Trinajstić information content (AvgIpc) is 2.64. The largest absolute Gasteiger partial charge is 0.417 e. The van der Waals surface area contributed by atoms with Crippen LogP contribution in [0.25, 0.3) is 0 Å². The van der Waals surface area contributed by atoms with Gasteiger partial charge in [0.1, 0.15) is 5.70 Å². The van der Waals surface area contributed by atoms with E-state index in [4.69, 9.17) is 5.26 Å². The van der Waals surface area contributed by atoms with Crippen molar-refractivity contribution in [1.82, 2.24) is 5.32 Å². The monoisotopic (exact) mass is 401 g/mol. The summed E-state index contributed by atoms with van der Waals surface area (Å²) in [7, 11) is 0. The van der Waals surface area contributed by atoms with E-state index in [1.165, 1.54) is 6.07 Å². The van der Waals surface area contributed by atoms with Crippen LogP contribution in [-0.2, 0) is 17.4 Å². The van der Waals surface area contributed by atoms with Crippen molar-refractivity contribution in [3.63, 3.8) is 0 Å². The zero-order valence-electron chi connectivity index (χ0n) is 15.9. The number of halogens is 3. The molecular weight excluding hydrogens is 379 g/mol. The molecule has 1 heterocycles. The first kappa shape index (κ1) is 19.7. The molecule has 4 nitrogen and oxygen atoms in total. The minimum absolute atomic E-state index is 0.117. The smallest absolute Gasteiger partial charge is 0.348 e. The molecule has 152 valence electrons. The summed E-state index contributed by atoms with van der Waals surface area (Å²) in [4.78, 5) is 16.3. The van der Waals surface area contributed by atoms with Crippen molar-refractivity contribution in [3.8, 4) is 6.07 Å². The summed E-state index contributed by atoms with van der Waals surface area (Å²) in [5, 5.41) is 11.9. The normalized spacial score (nSPS) is 28.1. The lowest BCUT2D eigenvalue weighted by molar-refractivity contribution is -0.137. The van der Waals surface area contributed by atoms with Crippen LogP contribution >= 0.6 is 0 Å². The summed E-state index contributed by atoms with van der Waals surface area (Å²) in [5.74, 6) is 0.236.